The third kappa shape index (κ3) is 4.90. The van der Waals surface area contributed by atoms with Crippen molar-refractivity contribution in [2.24, 2.45) is 0 Å². The number of nitrogens with one attached hydrogen (secondary N) is 2. The van der Waals surface area contributed by atoms with Crippen LogP contribution in [0.3, 0.4) is 0 Å². The minimum Gasteiger partial charge on any atom is -0.326 e. The van der Waals surface area contributed by atoms with Crippen molar-refractivity contribution in [3.05, 3.63) is 58.6 Å². The quantitative estimate of drug-likeness (QED) is 0.759. The summed E-state index contributed by atoms with van der Waals surface area (Å²) in [6.07, 6.45) is 0.367. The average molecular weight is 411 g/mol. The van der Waals surface area contributed by atoms with Crippen molar-refractivity contribution in [3.8, 4) is 0 Å². The molecule has 0 spiro atoms. The van der Waals surface area contributed by atoms with Gasteiger partial charge < -0.3 is 5.32 Å². The van der Waals surface area contributed by atoms with Gasteiger partial charge in [-0.05, 0) is 48.9 Å². The maximum Gasteiger partial charge on any atom is 0.241 e. The van der Waals surface area contributed by atoms with E-state index in [2.05, 4.69) is 26.0 Å². The Morgan fingerprint density at radius 3 is 2.42 bits per heavy atom. The first-order valence-corrected chi connectivity index (χ1v) is 9.77. The van der Waals surface area contributed by atoms with Crippen LogP contribution in [-0.2, 0) is 14.8 Å². The molecule has 0 heterocycles. The van der Waals surface area contributed by atoms with E-state index in [0.29, 0.717) is 12.1 Å². The molecule has 0 aliphatic rings. The molecule has 0 saturated carbocycles. The molecule has 7 heteroatoms. The Morgan fingerprint density at radius 1 is 1.17 bits per heavy atom. The molecule has 128 valence electrons. The fourth-order valence-electron chi connectivity index (χ4n) is 2.11. The summed E-state index contributed by atoms with van der Waals surface area (Å²) in [6, 6.07) is 13.2. The molecule has 1 atom stereocenters. The summed E-state index contributed by atoms with van der Waals surface area (Å²) >= 11 is 3.38. The second kappa shape index (κ2) is 7.92. The number of halogens is 1. The number of amides is 1. The number of rotatable bonds is 6. The molecule has 0 fully saturated rings. The zero-order valence-corrected chi connectivity index (χ0v) is 15.8. The van der Waals surface area contributed by atoms with Crippen molar-refractivity contribution in [1.29, 1.82) is 0 Å². The Labute approximate surface area is 150 Å². The molecule has 1 amide bonds. The van der Waals surface area contributed by atoms with E-state index in [4.69, 9.17) is 0 Å². The highest BCUT2D eigenvalue weighted by Crippen LogP contribution is 2.21. The van der Waals surface area contributed by atoms with Crippen LogP contribution in [0.15, 0.2) is 57.9 Å². The summed E-state index contributed by atoms with van der Waals surface area (Å²) in [5, 5.41) is 2.68. The van der Waals surface area contributed by atoms with Gasteiger partial charge in [-0.15, -0.1) is 0 Å². The Kier molecular flexibility index (Phi) is 6.15. The molecule has 2 aromatic rings. The van der Waals surface area contributed by atoms with Gasteiger partial charge in [0, 0.05) is 22.6 Å². The number of carbonyl (C=O) groups is 1. The van der Waals surface area contributed by atoms with E-state index in [1.807, 2.05) is 24.3 Å². The zero-order chi connectivity index (χ0) is 17.7. The third-order valence-corrected chi connectivity index (χ3v) is 5.50. The second-order valence-corrected chi connectivity index (χ2v) is 7.95. The lowest BCUT2D eigenvalue weighted by Gasteiger charge is -2.15. The van der Waals surface area contributed by atoms with Crippen molar-refractivity contribution in [3.63, 3.8) is 0 Å². The second-order valence-electron chi connectivity index (χ2n) is 5.32. The first-order valence-electron chi connectivity index (χ1n) is 7.49. The van der Waals surface area contributed by atoms with E-state index in [9.17, 15) is 13.2 Å². The predicted octanol–water partition coefficient (Wildman–Crippen LogP) is 3.84. The molecule has 5 nitrogen and oxygen atoms in total. The summed E-state index contributed by atoms with van der Waals surface area (Å²) in [7, 11) is -3.65. The molecular formula is C17H19BrN2O3S. The predicted molar refractivity (Wildman–Crippen MR) is 98.2 cm³/mol. The fraction of sp³-hybridized carbons (Fsp3) is 0.235. The van der Waals surface area contributed by atoms with Crippen molar-refractivity contribution >= 4 is 37.5 Å². The van der Waals surface area contributed by atoms with E-state index >= 15 is 0 Å². The summed E-state index contributed by atoms with van der Waals surface area (Å²) in [5.74, 6) is -0.119. The monoisotopic (exact) mass is 410 g/mol. The Hall–Kier alpha value is -1.70. The van der Waals surface area contributed by atoms with Crippen LogP contribution in [0.5, 0.6) is 0 Å². The highest BCUT2D eigenvalue weighted by atomic mass is 79.9. The number of hydrogen-bond donors (Lipinski definition) is 2. The minimum atomic E-state index is -3.65. The van der Waals surface area contributed by atoms with Gasteiger partial charge in [-0.1, -0.05) is 35.0 Å². The van der Waals surface area contributed by atoms with Crippen LogP contribution in [0.4, 0.5) is 5.69 Å². The molecule has 0 radical (unpaired) electrons. The molecule has 0 saturated heterocycles. The molecule has 24 heavy (non-hydrogen) atoms. The van der Waals surface area contributed by atoms with E-state index in [1.54, 1.807) is 26.0 Å². The summed E-state index contributed by atoms with van der Waals surface area (Å²) < 4.78 is 28.5. The van der Waals surface area contributed by atoms with Crippen LogP contribution in [-0.4, -0.2) is 14.3 Å². The van der Waals surface area contributed by atoms with Crippen LogP contribution in [0.1, 0.15) is 31.9 Å². The van der Waals surface area contributed by atoms with Crippen molar-refractivity contribution < 1.29 is 13.2 Å². The highest BCUT2D eigenvalue weighted by molar-refractivity contribution is 9.10. The number of hydrogen-bond acceptors (Lipinski definition) is 3. The largest absolute Gasteiger partial charge is 0.326 e. The lowest BCUT2D eigenvalue weighted by Crippen LogP contribution is -2.26. The summed E-state index contributed by atoms with van der Waals surface area (Å²) in [5.41, 5.74) is 1.43. The molecule has 0 aliphatic carbocycles. The molecule has 0 aromatic heterocycles. The van der Waals surface area contributed by atoms with Crippen molar-refractivity contribution in [2.45, 2.75) is 31.2 Å². The molecular weight excluding hydrogens is 392 g/mol. The lowest BCUT2D eigenvalue weighted by molar-refractivity contribution is -0.115. The van der Waals surface area contributed by atoms with Gasteiger partial charge in [0.25, 0.3) is 0 Å². The Balaban J connectivity index is 2.13. The fourth-order valence-corrected chi connectivity index (χ4v) is 3.76. The summed E-state index contributed by atoms with van der Waals surface area (Å²) in [6.45, 7) is 3.54. The first kappa shape index (κ1) is 18.6. The molecule has 0 aliphatic heterocycles. The molecule has 2 N–H and O–H groups in total. The average Bonchev–Trinajstić information content (AvgIpc) is 2.55. The SMILES string of the molecule is CCC(=O)Nc1ccc(S(=O)(=O)NC(C)c2cccc(Br)c2)cc1. The van der Waals surface area contributed by atoms with Gasteiger partial charge in [-0.25, -0.2) is 13.1 Å². The van der Waals surface area contributed by atoms with Gasteiger partial charge in [-0.3, -0.25) is 4.79 Å². The van der Waals surface area contributed by atoms with Gasteiger partial charge in [0.05, 0.1) is 4.90 Å². The number of benzene rings is 2. The zero-order valence-electron chi connectivity index (χ0n) is 13.4. The highest BCUT2D eigenvalue weighted by Gasteiger charge is 2.18. The molecule has 1 unspecified atom stereocenters. The number of anilines is 1. The Morgan fingerprint density at radius 2 is 1.83 bits per heavy atom. The van der Waals surface area contributed by atoms with Crippen LogP contribution in [0.2, 0.25) is 0 Å². The van der Waals surface area contributed by atoms with Crippen LogP contribution in [0, 0.1) is 0 Å². The lowest BCUT2D eigenvalue weighted by atomic mass is 10.1. The minimum absolute atomic E-state index is 0.119. The normalized spacial score (nSPS) is 12.6. The topological polar surface area (TPSA) is 75.3 Å². The smallest absolute Gasteiger partial charge is 0.241 e. The molecule has 2 aromatic carbocycles. The maximum absolute atomic E-state index is 12.5. The van der Waals surface area contributed by atoms with Crippen LogP contribution in [0.25, 0.3) is 0 Å². The van der Waals surface area contributed by atoms with Gasteiger partial charge in [0.15, 0.2) is 0 Å². The number of sulfonamides is 1. The number of carbonyl (C=O) groups excluding carboxylic acids is 1. The van der Waals surface area contributed by atoms with E-state index in [0.717, 1.165) is 10.0 Å². The van der Waals surface area contributed by atoms with E-state index in [-0.39, 0.29) is 16.8 Å². The molecule has 0 bridgehead atoms. The van der Waals surface area contributed by atoms with Crippen molar-refractivity contribution in [1.82, 2.24) is 4.72 Å². The van der Waals surface area contributed by atoms with Gasteiger partial charge in [0.1, 0.15) is 0 Å². The van der Waals surface area contributed by atoms with E-state index in [1.165, 1.54) is 12.1 Å². The van der Waals surface area contributed by atoms with Gasteiger partial charge in [0.2, 0.25) is 15.9 Å². The molecule has 2 rings (SSSR count). The standard InChI is InChI=1S/C17H19BrN2O3S/c1-3-17(21)19-15-7-9-16(10-8-15)24(22,23)20-12(2)13-5-4-6-14(18)11-13/h4-12,20H,3H2,1-2H3,(H,19,21). The Bertz CT molecular complexity index is 820. The third-order valence-electron chi connectivity index (χ3n) is 3.45. The maximum atomic E-state index is 12.5. The van der Waals surface area contributed by atoms with Crippen molar-refractivity contribution in [2.75, 3.05) is 5.32 Å². The van der Waals surface area contributed by atoms with Gasteiger partial charge in [-0.2, -0.15) is 0 Å². The van der Waals surface area contributed by atoms with Gasteiger partial charge >= 0.3 is 0 Å². The van der Waals surface area contributed by atoms with E-state index < -0.39 is 10.0 Å². The summed E-state index contributed by atoms with van der Waals surface area (Å²) in [4.78, 5) is 11.5. The first-order chi connectivity index (χ1) is 11.3. The van der Waals surface area contributed by atoms with Crippen LogP contribution < -0.4 is 10.0 Å². The van der Waals surface area contributed by atoms with Crippen LogP contribution >= 0.6 is 15.9 Å².